The van der Waals surface area contributed by atoms with Crippen molar-refractivity contribution in [2.75, 3.05) is 26.2 Å². The molecule has 0 aliphatic carbocycles. The Hall–Kier alpha value is -1.04. The van der Waals surface area contributed by atoms with Gasteiger partial charge < -0.3 is 5.11 Å². The highest BCUT2D eigenvalue weighted by Crippen LogP contribution is 2.23. The molecule has 0 saturated carbocycles. The Bertz CT molecular complexity index is 457. The normalized spacial score (nSPS) is 28.4. The zero-order valence-electron chi connectivity index (χ0n) is 11.4. The van der Waals surface area contributed by atoms with Crippen molar-refractivity contribution < 1.29 is 13.9 Å². The maximum atomic E-state index is 13.7. The summed E-state index contributed by atoms with van der Waals surface area (Å²) < 4.78 is 27.3. The van der Waals surface area contributed by atoms with Crippen LogP contribution in [-0.4, -0.2) is 53.2 Å². The molecule has 2 aliphatic heterocycles. The molecule has 20 heavy (non-hydrogen) atoms. The van der Waals surface area contributed by atoms with E-state index in [1.54, 1.807) is 0 Å². The van der Waals surface area contributed by atoms with Gasteiger partial charge in [-0.2, -0.15) is 0 Å². The minimum absolute atomic E-state index is 0.0989. The molecule has 0 spiro atoms. The van der Waals surface area contributed by atoms with Gasteiger partial charge in [-0.1, -0.05) is 6.07 Å². The van der Waals surface area contributed by atoms with Crippen molar-refractivity contribution in [3.8, 4) is 0 Å². The van der Waals surface area contributed by atoms with Crippen LogP contribution in [0.2, 0.25) is 0 Å². The van der Waals surface area contributed by atoms with Crippen molar-refractivity contribution >= 4 is 0 Å². The number of halogens is 2. The molecule has 0 radical (unpaired) electrons. The molecule has 3 nitrogen and oxygen atoms in total. The fourth-order valence-corrected chi connectivity index (χ4v) is 3.32. The number of rotatable bonds is 3. The molecule has 2 saturated heterocycles. The summed E-state index contributed by atoms with van der Waals surface area (Å²) in [6, 6.07) is 4.04. The lowest BCUT2D eigenvalue weighted by atomic mass is 10.2. The van der Waals surface area contributed by atoms with Gasteiger partial charge in [0.05, 0.1) is 6.10 Å². The Kier molecular flexibility index (Phi) is 4.01. The molecular weight excluding hydrogens is 262 g/mol. The molecule has 0 amide bonds. The third kappa shape index (κ3) is 2.71. The smallest absolute Gasteiger partial charge is 0.130 e. The molecule has 0 aromatic heterocycles. The summed E-state index contributed by atoms with van der Waals surface area (Å²) in [5, 5.41) is 10.2. The quantitative estimate of drug-likeness (QED) is 0.912. The number of nitrogens with zero attached hydrogens (tertiary/aromatic N) is 2. The van der Waals surface area contributed by atoms with Gasteiger partial charge in [0.2, 0.25) is 0 Å². The third-order valence-electron chi connectivity index (χ3n) is 4.39. The van der Waals surface area contributed by atoms with Crippen molar-refractivity contribution in [1.29, 1.82) is 0 Å². The van der Waals surface area contributed by atoms with Gasteiger partial charge in [-0.15, -0.1) is 0 Å². The minimum atomic E-state index is -0.510. The second-order valence-corrected chi connectivity index (χ2v) is 5.77. The van der Waals surface area contributed by atoms with Gasteiger partial charge >= 0.3 is 0 Å². The monoisotopic (exact) mass is 282 g/mol. The standard InChI is InChI=1S/C15H20F2N2O/c16-12-4-3-5-13(17)11(12)8-18-9-14(15(20)10-18)19-6-1-2-7-19/h3-5,14-15,20H,1-2,6-10H2/t14-,15-/m0/s1. The second kappa shape index (κ2) is 5.76. The number of aliphatic hydroxyl groups excluding tert-OH is 1. The van der Waals surface area contributed by atoms with E-state index in [-0.39, 0.29) is 18.2 Å². The van der Waals surface area contributed by atoms with Gasteiger partial charge in [0.1, 0.15) is 11.6 Å². The van der Waals surface area contributed by atoms with Crippen molar-refractivity contribution in [2.45, 2.75) is 31.5 Å². The van der Waals surface area contributed by atoms with Crippen LogP contribution in [-0.2, 0) is 6.54 Å². The number of benzene rings is 1. The molecule has 2 aliphatic rings. The van der Waals surface area contributed by atoms with Crippen LogP contribution in [0, 0.1) is 11.6 Å². The average Bonchev–Trinajstić information content (AvgIpc) is 3.03. The van der Waals surface area contributed by atoms with Gasteiger partial charge in [0.15, 0.2) is 0 Å². The highest BCUT2D eigenvalue weighted by atomic mass is 19.1. The number of hydrogen-bond acceptors (Lipinski definition) is 3. The lowest BCUT2D eigenvalue weighted by Crippen LogP contribution is -2.41. The molecule has 0 bridgehead atoms. The Balaban J connectivity index is 1.67. The number of aliphatic hydroxyl groups is 1. The fraction of sp³-hybridized carbons (Fsp3) is 0.600. The Morgan fingerprint density at radius 2 is 1.75 bits per heavy atom. The minimum Gasteiger partial charge on any atom is -0.390 e. The van der Waals surface area contributed by atoms with Crippen molar-refractivity contribution in [2.24, 2.45) is 0 Å². The van der Waals surface area contributed by atoms with Crippen LogP contribution in [0.4, 0.5) is 8.78 Å². The zero-order chi connectivity index (χ0) is 14.1. The molecule has 1 N–H and O–H groups in total. The topological polar surface area (TPSA) is 26.7 Å². The first-order chi connectivity index (χ1) is 9.65. The van der Waals surface area contributed by atoms with E-state index < -0.39 is 17.7 Å². The van der Waals surface area contributed by atoms with Gasteiger partial charge in [-0.3, -0.25) is 9.80 Å². The highest BCUT2D eigenvalue weighted by Gasteiger charge is 2.36. The van der Waals surface area contributed by atoms with E-state index in [0.717, 1.165) is 13.1 Å². The molecule has 2 heterocycles. The first-order valence-electron chi connectivity index (χ1n) is 7.22. The van der Waals surface area contributed by atoms with Crippen LogP contribution >= 0.6 is 0 Å². The Labute approximate surface area is 117 Å². The molecule has 5 heteroatoms. The largest absolute Gasteiger partial charge is 0.390 e. The predicted octanol–water partition coefficient (Wildman–Crippen LogP) is 1.61. The molecule has 1 aromatic rings. The number of hydrogen-bond donors (Lipinski definition) is 1. The van der Waals surface area contributed by atoms with Gasteiger partial charge in [0.25, 0.3) is 0 Å². The molecule has 1 aromatic carbocycles. The summed E-state index contributed by atoms with van der Waals surface area (Å²) in [5.41, 5.74) is 0.0989. The van der Waals surface area contributed by atoms with Gasteiger partial charge in [-0.05, 0) is 38.1 Å². The van der Waals surface area contributed by atoms with E-state index in [0.29, 0.717) is 13.1 Å². The maximum absolute atomic E-state index is 13.7. The molecule has 110 valence electrons. The van der Waals surface area contributed by atoms with Gasteiger partial charge in [-0.25, -0.2) is 8.78 Å². The Morgan fingerprint density at radius 1 is 1.10 bits per heavy atom. The Morgan fingerprint density at radius 3 is 2.40 bits per heavy atom. The van der Waals surface area contributed by atoms with E-state index in [2.05, 4.69) is 4.90 Å². The van der Waals surface area contributed by atoms with E-state index in [9.17, 15) is 13.9 Å². The first kappa shape index (κ1) is 13.9. The van der Waals surface area contributed by atoms with Crippen LogP contribution < -0.4 is 0 Å². The van der Waals surface area contributed by atoms with Crippen molar-refractivity contribution in [3.05, 3.63) is 35.4 Å². The second-order valence-electron chi connectivity index (χ2n) is 5.77. The molecule has 2 fully saturated rings. The summed E-state index contributed by atoms with van der Waals surface area (Å²) in [6.45, 7) is 3.41. The summed E-state index contributed by atoms with van der Waals surface area (Å²) in [6.07, 6.45) is 1.92. The first-order valence-corrected chi connectivity index (χ1v) is 7.22. The molecule has 2 atom stereocenters. The summed E-state index contributed by atoms with van der Waals surface area (Å²) >= 11 is 0. The van der Waals surface area contributed by atoms with Crippen LogP contribution in [0.3, 0.4) is 0 Å². The van der Waals surface area contributed by atoms with E-state index in [4.69, 9.17) is 0 Å². The maximum Gasteiger partial charge on any atom is 0.130 e. The predicted molar refractivity (Wildman–Crippen MR) is 72.2 cm³/mol. The summed E-state index contributed by atoms with van der Waals surface area (Å²) in [5.74, 6) is -1.02. The molecular formula is C15H20F2N2O. The molecule has 3 rings (SSSR count). The average molecular weight is 282 g/mol. The van der Waals surface area contributed by atoms with E-state index >= 15 is 0 Å². The van der Waals surface area contributed by atoms with Crippen LogP contribution in [0.1, 0.15) is 18.4 Å². The van der Waals surface area contributed by atoms with Crippen LogP contribution in [0.15, 0.2) is 18.2 Å². The van der Waals surface area contributed by atoms with Crippen LogP contribution in [0.5, 0.6) is 0 Å². The summed E-state index contributed by atoms with van der Waals surface area (Å²) in [7, 11) is 0. The van der Waals surface area contributed by atoms with Crippen LogP contribution in [0.25, 0.3) is 0 Å². The van der Waals surface area contributed by atoms with E-state index in [1.165, 1.54) is 31.0 Å². The lowest BCUT2D eigenvalue weighted by molar-refractivity contribution is 0.0978. The zero-order valence-corrected chi connectivity index (χ0v) is 11.4. The van der Waals surface area contributed by atoms with E-state index in [1.807, 2.05) is 4.90 Å². The van der Waals surface area contributed by atoms with Crippen molar-refractivity contribution in [1.82, 2.24) is 9.80 Å². The van der Waals surface area contributed by atoms with Crippen molar-refractivity contribution in [3.63, 3.8) is 0 Å². The lowest BCUT2D eigenvalue weighted by Gasteiger charge is -2.25. The highest BCUT2D eigenvalue weighted by molar-refractivity contribution is 5.20. The summed E-state index contributed by atoms with van der Waals surface area (Å²) in [4.78, 5) is 4.23. The SMILES string of the molecule is O[C@H]1CN(Cc2c(F)cccc2F)C[C@@H]1N1CCCC1. The third-order valence-corrected chi connectivity index (χ3v) is 4.39. The van der Waals surface area contributed by atoms with Gasteiger partial charge in [0, 0.05) is 31.2 Å². The molecule has 0 unspecified atom stereocenters. The number of β-amino-alcohol motifs (C(OH)–C–C–N with tert-alkyl or cyclic N) is 1. The number of likely N-dealkylation sites (tertiary alicyclic amines) is 2. The fourth-order valence-electron chi connectivity index (χ4n) is 3.32.